The fraction of sp³-hybridized carbons (Fsp3) is 0.354. The lowest BCUT2D eigenvalue weighted by atomic mass is 9.78. The molecule has 4 aliphatic heterocycles. The van der Waals surface area contributed by atoms with Crippen molar-refractivity contribution in [1.82, 2.24) is 0 Å². The van der Waals surface area contributed by atoms with Crippen molar-refractivity contribution in [2.45, 2.75) is 33.7 Å². The molecule has 85 heavy (non-hydrogen) atoms. The monoisotopic (exact) mass is 1160 g/mol. The van der Waals surface area contributed by atoms with Crippen LogP contribution >= 0.6 is 0 Å². The lowest BCUT2D eigenvalue weighted by molar-refractivity contribution is -0.143. The van der Waals surface area contributed by atoms with Gasteiger partial charge in [0.1, 0.15) is 66.1 Å². The van der Waals surface area contributed by atoms with E-state index in [1.165, 1.54) is 13.8 Å². The van der Waals surface area contributed by atoms with Gasteiger partial charge in [0.15, 0.2) is 23.0 Å². The minimum Gasteiger partial charge on any atom is -0.487 e. The van der Waals surface area contributed by atoms with Crippen molar-refractivity contribution >= 4 is 35.6 Å². The molecule has 0 radical (unpaired) electrons. The molecule has 0 aromatic heterocycles. The van der Waals surface area contributed by atoms with E-state index < -0.39 is 5.97 Å². The standard InChI is InChI=1S/C65H67N3O17/c1-43(69)83-40-45-7-13-48(14-8-45)56-59(62-66-21-24-80-62)57(49-15-9-46(10-16-49)41-84-44(2)70)61(64-68-23-26-82-64)58(60(56)63-67-22-25-81-63)50-17-11-47(12-18-50)42-85-65(71)51-19-20-54-55(39-51)79-38-34-75-30-29-73-32-36-77-53-6-4-3-5-52(53)76-35-31-72-27-28-74-33-37-78-54/h3-20,39H,21-38,40-42H2,1-2H3. The smallest absolute Gasteiger partial charge is 0.338 e. The van der Waals surface area contributed by atoms with Gasteiger partial charge in [-0.1, -0.05) is 84.9 Å². The molecule has 0 saturated carbocycles. The summed E-state index contributed by atoms with van der Waals surface area (Å²) < 4.78 is 83.0. The molecule has 0 unspecified atom stereocenters. The number of benzene rings is 6. The first-order chi connectivity index (χ1) is 41.8. The maximum atomic E-state index is 13.9. The quantitative estimate of drug-likeness (QED) is 0.0779. The van der Waals surface area contributed by atoms with Crippen molar-refractivity contribution in [3.05, 3.63) is 154 Å². The molecular formula is C65H67N3O17. The number of hydrogen-bond donors (Lipinski definition) is 0. The van der Waals surface area contributed by atoms with Crippen molar-refractivity contribution in [2.24, 2.45) is 15.0 Å². The zero-order valence-electron chi connectivity index (χ0n) is 47.6. The number of carbonyl (C=O) groups is 3. The number of hydrogen-bond acceptors (Lipinski definition) is 20. The fourth-order valence-corrected chi connectivity index (χ4v) is 9.66. The van der Waals surface area contributed by atoms with Gasteiger partial charge >= 0.3 is 17.9 Å². The highest BCUT2D eigenvalue weighted by atomic mass is 16.6. The van der Waals surface area contributed by atoms with Crippen molar-refractivity contribution in [3.8, 4) is 56.4 Å². The van der Waals surface area contributed by atoms with Gasteiger partial charge in [0.05, 0.1) is 94.7 Å². The molecule has 0 saturated heterocycles. The summed E-state index contributed by atoms with van der Waals surface area (Å²) in [6, 6.07) is 35.6. The normalized spacial score (nSPS) is 16.2. The summed E-state index contributed by atoms with van der Waals surface area (Å²) in [5.41, 5.74) is 9.03. The third-order valence-corrected chi connectivity index (χ3v) is 13.6. The SMILES string of the molecule is CC(=O)OCc1ccc(-c2c(C3=NCCO3)c(-c3ccc(COC(C)=O)cc3)c(C3=NCCO3)c(-c3ccc(COC(=O)c4ccc5c(c4)OCCOCCOCCOc4ccccc4OCCOCCOCCO5)cc3)c2C2=NCCO2)cc1. The van der Waals surface area contributed by atoms with E-state index in [9.17, 15) is 14.4 Å². The molecule has 20 nitrogen and oxygen atoms in total. The Morgan fingerprint density at radius 1 is 0.353 bits per heavy atom. The molecule has 0 amide bonds. The van der Waals surface area contributed by atoms with Crippen LogP contribution in [0.5, 0.6) is 23.0 Å². The molecule has 6 aromatic rings. The zero-order chi connectivity index (χ0) is 58.6. The number of ether oxygens (including phenoxy) is 14. The predicted octanol–water partition coefficient (Wildman–Crippen LogP) is 8.80. The Labute approximate surface area is 492 Å². The van der Waals surface area contributed by atoms with Gasteiger partial charge in [-0.25, -0.2) is 19.8 Å². The Morgan fingerprint density at radius 2 is 0.682 bits per heavy atom. The van der Waals surface area contributed by atoms with E-state index in [1.54, 1.807) is 18.2 Å². The second-order valence-electron chi connectivity index (χ2n) is 19.5. The number of nitrogens with zero attached hydrogens (tertiary/aromatic N) is 3. The minimum absolute atomic E-state index is 0.0612. The third-order valence-electron chi connectivity index (χ3n) is 13.6. The van der Waals surface area contributed by atoms with Gasteiger partial charge in [0, 0.05) is 30.5 Å². The van der Waals surface area contributed by atoms with Crippen LogP contribution in [0.2, 0.25) is 0 Å². The molecular weight excluding hydrogens is 1090 g/mol. The number of fused-ring (bicyclic) bond motifs is 2. The van der Waals surface area contributed by atoms with Crippen molar-refractivity contribution in [3.63, 3.8) is 0 Å². The van der Waals surface area contributed by atoms with Crippen LogP contribution < -0.4 is 18.9 Å². The summed E-state index contributed by atoms with van der Waals surface area (Å²) in [5, 5.41) is 0. The molecule has 0 aliphatic carbocycles. The Hall–Kier alpha value is -8.82. The van der Waals surface area contributed by atoms with Gasteiger partial charge in [-0.15, -0.1) is 0 Å². The summed E-state index contributed by atoms with van der Waals surface area (Å²) >= 11 is 0. The maximum absolute atomic E-state index is 13.9. The highest BCUT2D eigenvalue weighted by Gasteiger charge is 2.36. The summed E-state index contributed by atoms with van der Waals surface area (Å²) in [6.45, 7) is 8.94. The number of rotatable bonds is 13. The zero-order valence-corrected chi connectivity index (χ0v) is 47.6. The van der Waals surface area contributed by atoms with Crippen molar-refractivity contribution < 1.29 is 80.7 Å². The van der Waals surface area contributed by atoms with Gasteiger partial charge < -0.3 is 66.3 Å². The number of esters is 3. The van der Waals surface area contributed by atoms with E-state index >= 15 is 0 Å². The topological polar surface area (TPSA) is 218 Å². The van der Waals surface area contributed by atoms with Gasteiger partial charge in [-0.3, -0.25) is 9.59 Å². The number of carbonyl (C=O) groups excluding carboxylic acids is 3. The first-order valence-electron chi connectivity index (χ1n) is 28.3. The molecule has 6 aromatic carbocycles. The van der Waals surface area contributed by atoms with Crippen LogP contribution in [0, 0.1) is 0 Å². The van der Waals surface area contributed by atoms with Crippen LogP contribution in [0.4, 0.5) is 0 Å². The van der Waals surface area contributed by atoms with Crippen LogP contribution in [-0.2, 0) is 76.8 Å². The summed E-state index contributed by atoms with van der Waals surface area (Å²) in [4.78, 5) is 52.4. The number of para-hydroxylation sites is 2. The van der Waals surface area contributed by atoms with Gasteiger partial charge in [0.2, 0.25) is 17.7 Å². The average molecular weight is 1160 g/mol. The molecule has 0 spiro atoms. The molecule has 0 atom stereocenters. The molecule has 0 bridgehead atoms. The van der Waals surface area contributed by atoms with Gasteiger partial charge in [-0.2, -0.15) is 0 Å². The molecule has 444 valence electrons. The Bertz CT molecular complexity index is 3250. The van der Waals surface area contributed by atoms with E-state index in [2.05, 4.69) is 0 Å². The van der Waals surface area contributed by atoms with E-state index in [4.69, 9.17) is 81.3 Å². The minimum atomic E-state index is -0.577. The van der Waals surface area contributed by atoms with E-state index in [-0.39, 0.29) is 63.8 Å². The van der Waals surface area contributed by atoms with Crippen LogP contribution in [0.25, 0.3) is 33.4 Å². The highest BCUT2D eigenvalue weighted by Crippen LogP contribution is 2.48. The van der Waals surface area contributed by atoms with Gasteiger partial charge in [0.25, 0.3) is 0 Å². The Balaban J connectivity index is 0.927. The van der Waals surface area contributed by atoms with E-state index in [0.717, 1.165) is 38.9 Å². The summed E-state index contributed by atoms with van der Waals surface area (Å²) in [5.74, 6) is 1.88. The molecule has 20 heteroatoms. The van der Waals surface area contributed by atoms with E-state index in [0.29, 0.717) is 161 Å². The first-order valence-corrected chi connectivity index (χ1v) is 28.3. The van der Waals surface area contributed by atoms with E-state index in [1.807, 2.05) is 97.1 Å². The van der Waals surface area contributed by atoms with Gasteiger partial charge in [-0.05, 0) is 63.7 Å². The molecule has 4 heterocycles. The molecule has 10 rings (SSSR count). The van der Waals surface area contributed by atoms with Crippen LogP contribution in [0.3, 0.4) is 0 Å². The van der Waals surface area contributed by atoms with Crippen LogP contribution in [0.1, 0.15) is 57.6 Å². The molecule has 0 N–H and O–H groups in total. The second-order valence-corrected chi connectivity index (χ2v) is 19.5. The first kappa shape index (κ1) is 59.3. The van der Waals surface area contributed by atoms with Crippen LogP contribution in [0.15, 0.2) is 130 Å². The third kappa shape index (κ3) is 15.9. The number of aliphatic imine (C=N–C) groups is 3. The fourth-order valence-electron chi connectivity index (χ4n) is 9.66. The maximum Gasteiger partial charge on any atom is 0.338 e. The summed E-state index contributed by atoms with van der Waals surface area (Å²) in [6.07, 6.45) is 0. The molecule has 0 fully saturated rings. The lowest BCUT2D eigenvalue weighted by Gasteiger charge is -2.27. The summed E-state index contributed by atoms with van der Waals surface area (Å²) in [7, 11) is 0. The highest BCUT2D eigenvalue weighted by molar-refractivity contribution is 6.23. The van der Waals surface area contributed by atoms with Crippen molar-refractivity contribution in [2.75, 3.05) is 119 Å². The largest absolute Gasteiger partial charge is 0.487 e. The Kier molecular flexibility index (Phi) is 21.0. The van der Waals surface area contributed by atoms with Crippen LogP contribution in [-0.4, -0.2) is 154 Å². The predicted molar refractivity (Wildman–Crippen MR) is 313 cm³/mol. The Morgan fingerprint density at radius 3 is 1.02 bits per heavy atom. The van der Waals surface area contributed by atoms with Crippen molar-refractivity contribution in [1.29, 1.82) is 0 Å². The second kappa shape index (κ2) is 30.1. The average Bonchev–Trinajstić information content (AvgIpc) is 1.88. The lowest BCUT2D eigenvalue weighted by Crippen LogP contribution is -2.19. The molecule has 4 aliphatic rings.